The van der Waals surface area contributed by atoms with E-state index >= 15 is 0 Å². The van der Waals surface area contributed by atoms with E-state index in [1.807, 2.05) is 0 Å². The van der Waals surface area contributed by atoms with E-state index in [1.54, 1.807) is 0 Å². The molecule has 0 bridgehead atoms. The highest BCUT2D eigenvalue weighted by atomic mass is 16.6. The topological polar surface area (TPSA) is 220 Å². The third-order valence-electron chi connectivity index (χ3n) is 7.01. The number of hydrogen-bond acceptors (Lipinski definition) is 17. The van der Waals surface area contributed by atoms with Gasteiger partial charge in [0, 0.05) is 38.1 Å². The molecule has 1 N–H and O–H groups in total. The Kier molecular flexibility index (Phi) is 34.5. The van der Waals surface area contributed by atoms with Gasteiger partial charge in [0.2, 0.25) is 0 Å². The minimum Gasteiger partial charge on any atom is -0.481 e. The van der Waals surface area contributed by atoms with Crippen molar-refractivity contribution < 1.29 is 85.9 Å². The van der Waals surface area contributed by atoms with Crippen molar-refractivity contribution in [2.75, 3.05) is 159 Å². The van der Waals surface area contributed by atoms with Crippen molar-refractivity contribution in [1.82, 2.24) is 4.90 Å². The van der Waals surface area contributed by atoms with Crippen molar-refractivity contribution in [3.8, 4) is 0 Å². The molecule has 0 radical (unpaired) electrons. The summed E-state index contributed by atoms with van der Waals surface area (Å²) in [5.74, 6) is -2.37. The molecular formula is C36H61NO18. The molecule has 0 aromatic rings. The molecule has 0 saturated heterocycles. The van der Waals surface area contributed by atoms with E-state index in [1.165, 1.54) is 12.2 Å². The number of carboxylic acids is 1. The lowest BCUT2D eigenvalue weighted by atomic mass is 10.1. The molecule has 0 unspecified atom stereocenters. The minimum atomic E-state index is -1.04. The van der Waals surface area contributed by atoms with Crippen molar-refractivity contribution in [2.24, 2.45) is 0 Å². The second kappa shape index (κ2) is 37.9. The molecule has 0 atom stereocenters. The highest BCUT2D eigenvalue weighted by Crippen LogP contribution is 2.06. The fourth-order valence-electron chi connectivity index (χ4n) is 4.18. The first-order chi connectivity index (χ1) is 26.9. The van der Waals surface area contributed by atoms with Crippen LogP contribution in [0.1, 0.15) is 32.1 Å². The molecule has 0 spiro atoms. The molecule has 1 aliphatic rings. The Balaban J connectivity index is 1.64. The highest BCUT2D eigenvalue weighted by Gasteiger charge is 2.23. The molecule has 0 saturated carbocycles. The molecule has 0 aromatic heterocycles. The predicted molar refractivity (Wildman–Crippen MR) is 192 cm³/mol. The van der Waals surface area contributed by atoms with Crippen LogP contribution in [0.5, 0.6) is 0 Å². The number of Topliss-reactive ketones (excluding diaryl/α,β-unsaturated/α-hetero) is 1. The van der Waals surface area contributed by atoms with E-state index in [0.717, 1.165) is 4.90 Å². The Morgan fingerprint density at radius 3 is 1.05 bits per heavy atom. The Labute approximate surface area is 323 Å². The van der Waals surface area contributed by atoms with Crippen LogP contribution in [-0.2, 0) is 80.8 Å². The third kappa shape index (κ3) is 34.1. The van der Waals surface area contributed by atoms with Gasteiger partial charge in [-0.3, -0.25) is 28.9 Å². The number of ketones is 1. The van der Waals surface area contributed by atoms with Crippen molar-refractivity contribution in [1.29, 1.82) is 0 Å². The number of esters is 1. The third-order valence-corrected chi connectivity index (χ3v) is 7.01. The van der Waals surface area contributed by atoms with E-state index in [9.17, 15) is 24.0 Å². The molecule has 1 aliphatic heterocycles. The lowest BCUT2D eigenvalue weighted by Gasteiger charge is -2.12. The number of carbonyl (C=O) groups is 5. The normalized spacial score (nSPS) is 12.6. The number of carboxylic acid groups (broad SMARTS) is 1. The van der Waals surface area contributed by atoms with E-state index in [0.29, 0.717) is 152 Å². The molecule has 1 heterocycles. The van der Waals surface area contributed by atoms with E-state index < -0.39 is 11.9 Å². The number of aliphatic carboxylic acids is 1. The van der Waals surface area contributed by atoms with Crippen LogP contribution in [0, 0.1) is 0 Å². The summed E-state index contributed by atoms with van der Waals surface area (Å²) in [5, 5.41) is 8.50. The lowest BCUT2D eigenvalue weighted by Crippen LogP contribution is -2.32. The number of rotatable bonds is 43. The van der Waals surface area contributed by atoms with Gasteiger partial charge in [-0.25, -0.2) is 0 Å². The fraction of sp³-hybridized carbons (Fsp3) is 0.806. The standard InChI is InChI=1S/C36H61NO18/c38-32(7-8-37-33(39)3-4-34(37)40)2-1-9-44-10-11-45-12-13-46-14-15-47-16-17-48-18-19-49-20-21-50-22-23-51-24-25-52-26-27-53-28-29-54-30-31-55-36(43)6-5-35(41)42/h3-4H,1-2,5-31H2,(H,41,42). The van der Waals surface area contributed by atoms with Crippen LogP contribution in [0.25, 0.3) is 0 Å². The van der Waals surface area contributed by atoms with Crippen LogP contribution in [0.15, 0.2) is 12.2 Å². The second-order valence-corrected chi connectivity index (χ2v) is 11.4. The molecule has 2 amide bonds. The number of hydrogen-bond donors (Lipinski definition) is 1. The van der Waals surface area contributed by atoms with Crippen LogP contribution in [0.4, 0.5) is 0 Å². The van der Waals surface area contributed by atoms with Crippen molar-refractivity contribution in [3.63, 3.8) is 0 Å². The molecule has 0 fully saturated rings. The number of imide groups is 1. The summed E-state index contributed by atoms with van der Waals surface area (Å²) >= 11 is 0. The van der Waals surface area contributed by atoms with Gasteiger partial charge in [-0.05, 0) is 6.42 Å². The first-order valence-corrected chi connectivity index (χ1v) is 18.7. The van der Waals surface area contributed by atoms with Gasteiger partial charge in [0.15, 0.2) is 0 Å². The number of ether oxygens (including phenoxy) is 12. The fourth-order valence-corrected chi connectivity index (χ4v) is 4.18. The van der Waals surface area contributed by atoms with Gasteiger partial charge in [0.25, 0.3) is 11.8 Å². The smallest absolute Gasteiger partial charge is 0.306 e. The summed E-state index contributed by atoms with van der Waals surface area (Å²) in [6.45, 7) is 9.57. The molecule has 318 valence electrons. The average molecular weight is 796 g/mol. The summed E-state index contributed by atoms with van der Waals surface area (Å²) < 4.78 is 64.5. The molecular weight excluding hydrogens is 734 g/mol. The predicted octanol–water partition coefficient (Wildman–Crippen LogP) is 0.241. The van der Waals surface area contributed by atoms with E-state index in [2.05, 4.69) is 0 Å². The number of nitrogens with zero attached hydrogens (tertiary/aromatic N) is 1. The van der Waals surface area contributed by atoms with Gasteiger partial charge >= 0.3 is 11.9 Å². The van der Waals surface area contributed by atoms with E-state index in [4.69, 9.17) is 61.9 Å². The summed E-state index contributed by atoms with van der Waals surface area (Å²) in [4.78, 5) is 57.5. The largest absolute Gasteiger partial charge is 0.481 e. The Morgan fingerprint density at radius 1 is 0.418 bits per heavy atom. The first kappa shape index (κ1) is 50.1. The maximum atomic E-state index is 11.9. The van der Waals surface area contributed by atoms with Gasteiger partial charge in [-0.2, -0.15) is 0 Å². The summed E-state index contributed by atoms with van der Waals surface area (Å²) in [6, 6.07) is 0. The van der Waals surface area contributed by atoms with Crippen molar-refractivity contribution in [3.05, 3.63) is 12.2 Å². The SMILES string of the molecule is O=C(O)CCC(=O)OCCOCCOCCOCCOCCOCCOCCOCCOCCOCCOCCOCCCC(=O)CCN1C(=O)C=CC1=O. The zero-order valence-electron chi connectivity index (χ0n) is 32.0. The Bertz CT molecular complexity index is 1010. The second-order valence-electron chi connectivity index (χ2n) is 11.4. The van der Waals surface area contributed by atoms with E-state index in [-0.39, 0.29) is 56.6 Å². The summed E-state index contributed by atoms with van der Waals surface area (Å²) in [6.07, 6.45) is 3.08. The maximum absolute atomic E-state index is 11.9. The Hall–Kier alpha value is -2.95. The summed E-state index contributed by atoms with van der Waals surface area (Å²) in [7, 11) is 0. The van der Waals surface area contributed by atoms with Crippen LogP contribution in [0.2, 0.25) is 0 Å². The Morgan fingerprint density at radius 2 is 0.727 bits per heavy atom. The first-order valence-electron chi connectivity index (χ1n) is 18.7. The molecule has 0 aliphatic carbocycles. The molecule has 19 nitrogen and oxygen atoms in total. The van der Waals surface area contributed by atoms with Crippen LogP contribution < -0.4 is 0 Å². The van der Waals surface area contributed by atoms with Gasteiger partial charge in [0.05, 0.1) is 152 Å². The lowest BCUT2D eigenvalue weighted by molar-refractivity contribution is -0.149. The molecule has 0 aromatic carbocycles. The maximum Gasteiger partial charge on any atom is 0.306 e. The average Bonchev–Trinajstić information content (AvgIpc) is 3.49. The van der Waals surface area contributed by atoms with Gasteiger partial charge < -0.3 is 61.9 Å². The zero-order chi connectivity index (χ0) is 39.9. The quantitative estimate of drug-likeness (QED) is 0.0496. The zero-order valence-corrected chi connectivity index (χ0v) is 32.0. The van der Waals surface area contributed by atoms with Crippen molar-refractivity contribution >= 4 is 29.5 Å². The summed E-state index contributed by atoms with van der Waals surface area (Å²) in [5.41, 5.74) is 0. The van der Waals surface area contributed by atoms with Crippen LogP contribution in [0.3, 0.4) is 0 Å². The molecule has 55 heavy (non-hydrogen) atoms. The minimum absolute atomic E-state index is 0.0113. The van der Waals surface area contributed by atoms with Crippen molar-refractivity contribution in [2.45, 2.75) is 32.1 Å². The number of carbonyl (C=O) groups excluding carboxylic acids is 4. The number of amides is 2. The van der Waals surface area contributed by atoms with Gasteiger partial charge in [0.1, 0.15) is 12.4 Å². The molecule has 1 rings (SSSR count). The highest BCUT2D eigenvalue weighted by molar-refractivity contribution is 6.13. The monoisotopic (exact) mass is 795 g/mol. The molecule has 19 heteroatoms. The van der Waals surface area contributed by atoms with Crippen LogP contribution >= 0.6 is 0 Å². The van der Waals surface area contributed by atoms with Gasteiger partial charge in [-0.1, -0.05) is 0 Å². The van der Waals surface area contributed by atoms with Crippen LogP contribution in [-0.4, -0.2) is 198 Å². The van der Waals surface area contributed by atoms with Gasteiger partial charge in [-0.15, -0.1) is 0 Å².